The van der Waals surface area contributed by atoms with E-state index in [9.17, 15) is 9.59 Å². The maximum Gasteiger partial charge on any atom is 0.295 e. The summed E-state index contributed by atoms with van der Waals surface area (Å²) in [6.07, 6.45) is 0. The molecule has 2 aromatic carbocycles. The van der Waals surface area contributed by atoms with E-state index in [4.69, 9.17) is 0 Å². The lowest BCUT2D eigenvalue weighted by atomic mass is 10.3. The molecule has 0 spiro atoms. The van der Waals surface area contributed by atoms with Crippen LogP contribution in [0.25, 0.3) is 5.69 Å². The first kappa shape index (κ1) is 16.6. The number of para-hydroxylation sites is 2. The van der Waals surface area contributed by atoms with Gasteiger partial charge in [-0.25, -0.2) is 4.68 Å². The van der Waals surface area contributed by atoms with Crippen LogP contribution in [0.15, 0.2) is 65.5 Å². The summed E-state index contributed by atoms with van der Waals surface area (Å²) in [6, 6.07) is 18.8. The average molecular weight is 336 g/mol. The molecule has 0 unspecified atom stereocenters. The van der Waals surface area contributed by atoms with Gasteiger partial charge >= 0.3 is 0 Å². The highest BCUT2D eigenvalue weighted by Crippen LogP contribution is 2.14. The molecule has 0 atom stereocenters. The van der Waals surface area contributed by atoms with E-state index in [1.807, 2.05) is 60.7 Å². The Morgan fingerprint density at radius 3 is 2.24 bits per heavy atom. The standard InChI is InChI=1S/C19H20N4O2/c1-14-18(21-17(24)13-20-15-9-5-3-6-10-15)19(25)23(22(14)2)16-11-7-4-8-12-16/h3-12,20H,13H2,1-2H3,(H,21,24). The Bertz CT molecular complexity index is 927. The van der Waals surface area contributed by atoms with E-state index in [2.05, 4.69) is 10.6 Å². The summed E-state index contributed by atoms with van der Waals surface area (Å²) in [5, 5.41) is 5.75. The Labute approximate surface area is 145 Å². The first-order valence-corrected chi connectivity index (χ1v) is 8.00. The molecule has 0 saturated heterocycles. The van der Waals surface area contributed by atoms with Crippen LogP contribution in [0.4, 0.5) is 11.4 Å². The minimum atomic E-state index is -0.269. The van der Waals surface area contributed by atoms with E-state index in [0.29, 0.717) is 11.4 Å². The smallest absolute Gasteiger partial charge is 0.295 e. The molecular formula is C19H20N4O2. The fourth-order valence-corrected chi connectivity index (χ4v) is 2.63. The van der Waals surface area contributed by atoms with Gasteiger partial charge in [-0.1, -0.05) is 36.4 Å². The summed E-state index contributed by atoms with van der Waals surface area (Å²) in [6.45, 7) is 1.89. The van der Waals surface area contributed by atoms with Crippen LogP contribution >= 0.6 is 0 Å². The number of carbonyl (C=O) groups excluding carboxylic acids is 1. The van der Waals surface area contributed by atoms with E-state index in [1.165, 1.54) is 4.68 Å². The van der Waals surface area contributed by atoms with Crippen LogP contribution in [0.5, 0.6) is 0 Å². The third-order valence-corrected chi connectivity index (χ3v) is 4.05. The first-order chi connectivity index (χ1) is 12.1. The van der Waals surface area contributed by atoms with Crippen LogP contribution < -0.4 is 16.2 Å². The van der Waals surface area contributed by atoms with Crippen LogP contribution in [0, 0.1) is 6.92 Å². The molecular weight excluding hydrogens is 316 g/mol. The lowest BCUT2D eigenvalue weighted by Crippen LogP contribution is -2.26. The van der Waals surface area contributed by atoms with Gasteiger partial charge in [-0.3, -0.25) is 14.3 Å². The van der Waals surface area contributed by atoms with Crippen LogP contribution in [-0.4, -0.2) is 21.8 Å². The van der Waals surface area contributed by atoms with E-state index in [0.717, 1.165) is 11.4 Å². The normalized spacial score (nSPS) is 10.5. The zero-order valence-electron chi connectivity index (χ0n) is 14.2. The number of hydrogen-bond acceptors (Lipinski definition) is 3. The second-order valence-electron chi connectivity index (χ2n) is 5.70. The predicted octanol–water partition coefficient (Wildman–Crippen LogP) is 2.54. The van der Waals surface area contributed by atoms with E-state index < -0.39 is 0 Å². The Hall–Kier alpha value is -3.28. The van der Waals surface area contributed by atoms with Gasteiger partial charge in [-0.15, -0.1) is 0 Å². The van der Waals surface area contributed by atoms with Crippen molar-refractivity contribution in [2.24, 2.45) is 7.05 Å². The summed E-state index contributed by atoms with van der Waals surface area (Å²) < 4.78 is 3.27. The minimum Gasteiger partial charge on any atom is -0.376 e. The fraction of sp³-hybridized carbons (Fsp3) is 0.158. The fourth-order valence-electron chi connectivity index (χ4n) is 2.63. The van der Waals surface area contributed by atoms with Gasteiger partial charge in [0.1, 0.15) is 5.69 Å². The van der Waals surface area contributed by atoms with Gasteiger partial charge in [-0.2, -0.15) is 0 Å². The van der Waals surface area contributed by atoms with Crippen LogP contribution in [0.3, 0.4) is 0 Å². The molecule has 3 rings (SSSR count). The zero-order chi connectivity index (χ0) is 17.8. The highest BCUT2D eigenvalue weighted by molar-refractivity contribution is 5.94. The van der Waals surface area contributed by atoms with Crippen LogP contribution in [0.1, 0.15) is 5.69 Å². The first-order valence-electron chi connectivity index (χ1n) is 8.00. The van der Waals surface area contributed by atoms with E-state index in [1.54, 1.807) is 18.7 Å². The molecule has 0 radical (unpaired) electrons. The Balaban J connectivity index is 1.79. The Morgan fingerprint density at radius 1 is 1.00 bits per heavy atom. The third-order valence-electron chi connectivity index (χ3n) is 4.05. The van der Waals surface area contributed by atoms with E-state index >= 15 is 0 Å². The van der Waals surface area contributed by atoms with Crippen molar-refractivity contribution in [1.29, 1.82) is 0 Å². The molecule has 1 heterocycles. The number of benzene rings is 2. The molecule has 0 bridgehead atoms. The number of anilines is 2. The van der Waals surface area contributed by atoms with Gasteiger partial charge in [0.15, 0.2) is 0 Å². The van der Waals surface area contributed by atoms with Crippen molar-refractivity contribution in [3.63, 3.8) is 0 Å². The van der Waals surface area contributed by atoms with Crippen molar-refractivity contribution in [3.05, 3.63) is 76.7 Å². The van der Waals surface area contributed by atoms with Crippen molar-refractivity contribution in [1.82, 2.24) is 9.36 Å². The van der Waals surface area contributed by atoms with Gasteiger partial charge < -0.3 is 10.6 Å². The molecule has 0 aliphatic heterocycles. The molecule has 0 fully saturated rings. The molecule has 0 aliphatic carbocycles. The van der Waals surface area contributed by atoms with E-state index in [-0.39, 0.29) is 18.0 Å². The quantitative estimate of drug-likeness (QED) is 0.752. The van der Waals surface area contributed by atoms with Crippen molar-refractivity contribution in [2.45, 2.75) is 6.92 Å². The van der Waals surface area contributed by atoms with Gasteiger partial charge in [-0.05, 0) is 31.2 Å². The SMILES string of the molecule is Cc1c(NC(=O)CNc2ccccc2)c(=O)n(-c2ccccc2)n1C. The number of hydrogen-bond donors (Lipinski definition) is 2. The Morgan fingerprint density at radius 2 is 1.60 bits per heavy atom. The highest BCUT2D eigenvalue weighted by Gasteiger charge is 2.17. The molecule has 0 saturated carbocycles. The number of carbonyl (C=O) groups is 1. The molecule has 6 nitrogen and oxygen atoms in total. The molecule has 2 N–H and O–H groups in total. The van der Waals surface area contributed by atoms with Gasteiger partial charge in [0.2, 0.25) is 5.91 Å². The third kappa shape index (κ3) is 3.47. The number of rotatable bonds is 5. The number of aromatic nitrogens is 2. The van der Waals surface area contributed by atoms with Crippen LogP contribution in [-0.2, 0) is 11.8 Å². The highest BCUT2D eigenvalue weighted by atomic mass is 16.2. The molecule has 25 heavy (non-hydrogen) atoms. The summed E-state index contributed by atoms with van der Waals surface area (Å²) in [4.78, 5) is 24.9. The number of nitrogens with zero attached hydrogens (tertiary/aromatic N) is 2. The van der Waals surface area contributed by atoms with Crippen molar-refractivity contribution in [3.8, 4) is 5.69 Å². The average Bonchev–Trinajstić information content (AvgIpc) is 2.85. The predicted molar refractivity (Wildman–Crippen MR) is 99.3 cm³/mol. The minimum absolute atomic E-state index is 0.0864. The summed E-state index contributed by atoms with van der Waals surface area (Å²) in [5.41, 5.74) is 2.34. The summed E-state index contributed by atoms with van der Waals surface area (Å²) >= 11 is 0. The van der Waals surface area contributed by atoms with Gasteiger partial charge in [0.25, 0.3) is 5.56 Å². The second-order valence-corrected chi connectivity index (χ2v) is 5.70. The summed E-state index contributed by atoms with van der Waals surface area (Å²) in [7, 11) is 1.79. The monoisotopic (exact) mass is 336 g/mol. The summed E-state index contributed by atoms with van der Waals surface area (Å²) in [5.74, 6) is -0.269. The maximum absolute atomic E-state index is 12.7. The lowest BCUT2D eigenvalue weighted by molar-refractivity contribution is -0.114. The molecule has 6 heteroatoms. The molecule has 3 aromatic rings. The lowest BCUT2D eigenvalue weighted by Gasteiger charge is -2.07. The Kier molecular flexibility index (Phi) is 4.70. The van der Waals surface area contributed by atoms with Gasteiger partial charge in [0.05, 0.1) is 17.9 Å². The van der Waals surface area contributed by atoms with Crippen molar-refractivity contribution < 1.29 is 4.79 Å². The largest absolute Gasteiger partial charge is 0.376 e. The molecule has 0 aliphatic rings. The number of amides is 1. The maximum atomic E-state index is 12.7. The van der Waals surface area contributed by atoms with Crippen LogP contribution in [0.2, 0.25) is 0 Å². The number of nitrogens with one attached hydrogen (secondary N) is 2. The van der Waals surface area contributed by atoms with Gasteiger partial charge in [0, 0.05) is 12.7 Å². The topological polar surface area (TPSA) is 68.1 Å². The zero-order valence-corrected chi connectivity index (χ0v) is 14.2. The van der Waals surface area contributed by atoms with Crippen molar-refractivity contribution >= 4 is 17.3 Å². The molecule has 128 valence electrons. The molecule has 1 aromatic heterocycles. The van der Waals surface area contributed by atoms with Crippen molar-refractivity contribution in [2.75, 3.05) is 17.2 Å². The second kappa shape index (κ2) is 7.09. The molecule has 1 amide bonds.